The first kappa shape index (κ1) is 10.0. The minimum atomic E-state index is -0.125. The number of hydrogen-bond donors (Lipinski definition) is 2. The molecule has 0 saturated heterocycles. The first-order valence-corrected chi connectivity index (χ1v) is 3.93. The van der Waals surface area contributed by atoms with Crippen molar-refractivity contribution in [2.75, 3.05) is 13.2 Å². The molecule has 0 aliphatic rings. The van der Waals surface area contributed by atoms with E-state index in [4.69, 9.17) is 10.2 Å². The molecule has 0 aromatic rings. The summed E-state index contributed by atoms with van der Waals surface area (Å²) < 4.78 is 0. The molecule has 0 saturated carbocycles. The van der Waals surface area contributed by atoms with E-state index in [-0.39, 0.29) is 13.2 Å². The molecule has 4 heteroatoms. The van der Waals surface area contributed by atoms with E-state index >= 15 is 0 Å². The molecule has 6 heavy (non-hydrogen) atoms. The molecule has 0 rings (SSSR count). The molecular formula is C2H6AuClO2. The Morgan fingerprint density at radius 3 is 1.33 bits per heavy atom. The summed E-state index contributed by atoms with van der Waals surface area (Å²) in [7, 11) is 4.58. The Morgan fingerprint density at radius 2 is 1.33 bits per heavy atom. The van der Waals surface area contributed by atoms with E-state index in [9.17, 15) is 0 Å². The average molecular weight is 294 g/mol. The van der Waals surface area contributed by atoms with Crippen molar-refractivity contribution in [1.29, 1.82) is 0 Å². The first-order valence-electron chi connectivity index (χ1n) is 1.25. The van der Waals surface area contributed by atoms with Crippen LogP contribution >= 0.6 is 9.19 Å². The Kier molecular flexibility index (Phi) is 28.0. The molecule has 0 aromatic heterocycles. The van der Waals surface area contributed by atoms with Gasteiger partial charge in [-0.3, -0.25) is 0 Å². The van der Waals surface area contributed by atoms with Crippen molar-refractivity contribution < 1.29 is 30.2 Å². The Bertz CT molecular complexity index is 13.5. The van der Waals surface area contributed by atoms with Crippen molar-refractivity contribution in [3.8, 4) is 0 Å². The van der Waals surface area contributed by atoms with Crippen LogP contribution in [0.2, 0.25) is 0 Å². The fraction of sp³-hybridized carbons (Fsp3) is 1.00. The van der Waals surface area contributed by atoms with Crippen LogP contribution in [-0.4, -0.2) is 23.4 Å². The van der Waals surface area contributed by atoms with Crippen LogP contribution in [0.3, 0.4) is 0 Å². The summed E-state index contributed by atoms with van der Waals surface area (Å²) in [6.07, 6.45) is 0. The molecule has 0 radical (unpaired) electrons. The molecule has 2 nitrogen and oxygen atoms in total. The third-order valence-electron chi connectivity index (χ3n) is 0.1000. The first-order chi connectivity index (χ1) is 2.91. The van der Waals surface area contributed by atoms with Gasteiger partial charge in [0.05, 0.1) is 13.2 Å². The predicted molar refractivity (Wildman–Crippen MR) is 20.0 cm³/mol. The van der Waals surface area contributed by atoms with Crippen molar-refractivity contribution in [3.63, 3.8) is 0 Å². The van der Waals surface area contributed by atoms with Gasteiger partial charge in [0.15, 0.2) is 0 Å². The van der Waals surface area contributed by atoms with Gasteiger partial charge < -0.3 is 10.2 Å². The van der Waals surface area contributed by atoms with Gasteiger partial charge in [-0.1, -0.05) is 0 Å². The molecule has 0 amide bonds. The molecule has 0 spiro atoms. The zero-order valence-electron chi connectivity index (χ0n) is 2.99. The third kappa shape index (κ3) is 20.3. The van der Waals surface area contributed by atoms with Crippen LogP contribution in [0.1, 0.15) is 0 Å². The molecule has 0 heterocycles. The Balaban J connectivity index is 0. The average Bonchev–Trinajstić information content (AvgIpc) is 1.72. The minimum absolute atomic E-state index is 0.125. The number of hydrogen-bond acceptors (Lipinski definition) is 2. The number of halogens is 1. The summed E-state index contributed by atoms with van der Waals surface area (Å²) in [4.78, 5) is 0. The van der Waals surface area contributed by atoms with Gasteiger partial charge in [-0.25, -0.2) is 0 Å². The van der Waals surface area contributed by atoms with Crippen LogP contribution in [-0.2, 0) is 20.0 Å². The van der Waals surface area contributed by atoms with Gasteiger partial charge in [0.2, 0.25) is 0 Å². The molecule has 44 valence electrons. The zero-order chi connectivity index (χ0) is 5.41. The van der Waals surface area contributed by atoms with Crippen LogP contribution in [0, 0.1) is 0 Å². The summed E-state index contributed by atoms with van der Waals surface area (Å²) in [6.45, 7) is -0.250. The second-order valence-corrected chi connectivity index (χ2v) is 0.447. The topological polar surface area (TPSA) is 40.5 Å². The summed E-state index contributed by atoms with van der Waals surface area (Å²) >= 11 is 1.75. The van der Waals surface area contributed by atoms with E-state index in [1.807, 2.05) is 0 Å². The fourth-order valence-electron chi connectivity index (χ4n) is 0. The predicted octanol–water partition coefficient (Wildman–Crippen LogP) is -0.342. The third-order valence-corrected chi connectivity index (χ3v) is 0.1000. The van der Waals surface area contributed by atoms with E-state index in [2.05, 4.69) is 9.19 Å². The number of rotatable bonds is 1. The van der Waals surface area contributed by atoms with E-state index in [0.717, 1.165) is 0 Å². The fourth-order valence-corrected chi connectivity index (χ4v) is 0. The SMILES string of the molecule is OCCO.[Cl][Au]. The van der Waals surface area contributed by atoms with Crippen LogP contribution in [0.4, 0.5) is 0 Å². The molecule has 0 atom stereocenters. The van der Waals surface area contributed by atoms with Gasteiger partial charge in [-0.2, -0.15) is 0 Å². The number of aliphatic hydroxyl groups excluding tert-OH is 2. The van der Waals surface area contributed by atoms with Crippen LogP contribution in [0.15, 0.2) is 0 Å². The number of aliphatic hydroxyl groups is 2. The molecule has 0 fully saturated rings. The molecule has 0 unspecified atom stereocenters. The molecule has 0 aliphatic carbocycles. The second-order valence-electron chi connectivity index (χ2n) is 0.447. The van der Waals surface area contributed by atoms with E-state index in [0.29, 0.717) is 0 Å². The van der Waals surface area contributed by atoms with Crippen molar-refractivity contribution in [3.05, 3.63) is 0 Å². The van der Waals surface area contributed by atoms with Gasteiger partial charge in [-0.15, -0.1) is 0 Å². The Hall–Kier alpha value is 0.950. The molecule has 0 bridgehead atoms. The molecular weight excluding hydrogens is 288 g/mol. The van der Waals surface area contributed by atoms with E-state index in [1.165, 1.54) is 0 Å². The van der Waals surface area contributed by atoms with Crippen molar-refractivity contribution in [2.45, 2.75) is 0 Å². The second kappa shape index (κ2) is 16.8. The van der Waals surface area contributed by atoms with Gasteiger partial charge >= 0.3 is 29.2 Å². The van der Waals surface area contributed by atoms with E-state index in [1.54, 1.807) is 20.0 Å². The zero-order valence-corrected chi connectivity index (χ0v) is 5.91. The Labute approximate surface area is 52.9 Å². The molecule has 0 aromatic carbocycles. The van der Waals surface area contributed by atoms with Crippen molar-refractivity contribution >= 4 is 9.19 Å². The summed E-state index contributed by atoms with van der Waals surface area (Å²) in [5, 5.41) is 15.2. The van der Waals surface area contributed by atoms with Gasteiger partial charge in [0.25, 0.3) is 0 Å². The van der Waals surface area contributed by atoms with Crippen molar-refractivity contribution in [2.24, 2.45) is 0 Å². The summed E-state index contributed by atoms with van der Waals surface area (Å²) in [5.41, 5.74) is 0. The van der Waals surface area contributed by atoms with E-state index < -0.39 is 0 Å². The van der Waals surface area contributed by atoms with Crippen molar-refractivity contribution in [1.82, 2.24) is 0 Å². The maximum absolute atomic E-state index is 7.62. The van der Waals surface area contributed by atoms with Crippen LogP contribution < -0.4 is 0 Å². The van der Waals surface area contributed by atoms with Gasteiger partial charge in [0, 0.05) is 0 Å². The van der Waals surface area contributed by atoms with Gasteiger partial charge in [0.1, 0.15) is 0 Å². The quantitative estimate of drug-likeness (QED) is 0.650. The monoisotopic (exact) mass is 294 g/mol. The normalized spacial score (nSPS) is 6.17. The Morgan fingerprint density at radius 1 is 1.17 bits per heavy atom. The molecule has 2 N–H and O–H groups in total. The summed E-state index contributed by atoms with van der Waals surface area (Å²) in [5.74, 6) is 0. The standard InChI is InChI=1S/C2H6O2.Au.ClH/c3-1-2-4;;/h3-4H,1-2H2;;1H/q;+1;/p-1. The van der Waals surface area contributed by atoms with Crippen LogP contribution in [0.5, 0.6) is 0 Å². The maximum atomic E-state index is 7.62. The molecule has 0 aliphatic heterocycles. The summed E-state index contributed by atoms with van der Waals surface area (Å²) in [6, 6.07) is 0. The van der Waals surface area contributed by atoms with Crippen LogP contribution in [0.25, 0.3) is 0 Å². The van der Waals surface area contributed by atoms with Gasteiger partial charge in [-0.05, 0) is 0 Å².